The van der Waals surface area contributed by atoms with Gasteiger partial charge in [0.05, 0.1) is 25.9 Å². The van der Waals surface area contributed by atoms with Gasteiger partial charge in [-0.15, -0.1) is 0 Å². The number of hydrogen-bond acceptors (Lipinski definition) is 16. The summed E-state index contributed by atoms with van der Waals surface area (Å²) in [7, 11) is -2.45. The average molecular weight is 683 g/mol. The Hall–Kier alpha value is -3.17. The Morgan fingerprint density at radius 1 is 1.02 bits per heavy atom. The van der Waals surface area contributed by atoms with Gasteiger partial charge in [0.1, 0.15) is 48.2 Å². The van der Waals surface area contributed by atoms with Crippen molar-refractivity contribution in [3.8, 4) is 0 Å². The van der Waals surface area contributed by atoms with Crippen molar-refractivity contribution in [1.82, 2.24) is 39.0 Å². The van der Waals surface area contributed by atoms with Crippen LogP contribution < -0.4 is 11.3 Å². The number of aromatic amines is 1. The Kier molecular flexibility index (Phi) is 7.87. The molecule has 0 aromatic carbocycles. The molecule has 7 rings (SSSR count). The molecular weight excluding hydrogens is 658 g/mol. The second kappa shape index (κ2) is 11.5. The van der Waals surface area contributed by atoms with Crippen LogP contribution >= 0.6 is 15.3 Å². The normalized spacial score (nSPS) is 37.1. The molecule has 0 spiro atoms. The molecule has 3 aliphatic heterocycles. The van der Waals surface area contributed by atoms with Crippen LogP contribution in [-0.4, -0.2) is 109 Å². The molecule has 20 nitrogen and oxygen atoms in total. The first kappa shape index (κ1) is 31.4. The van der Waals surface area contributed by atoms with Gasteiger partial charge in [-0.1, -0.05) is 0 Å². The highest BCUT2D eigenvalue weighted by molar-refractivity contribution is 7.79. The second-order valence-electron chi connectivity index (χ2n) is 10.6. The van der Waals surface area contributed by atoms with Gasteiger partial charge in [0.15, 0.2) is 41.3 Å². The molecule has 4 aromatic rings. The lowest BCUT2D eigenvalue weighted by molar-refractivity contribution is -0.0630. The molecule has 9 unspecified atom stereocenters. The Labute approximate surface area is 258 Å². The highest BCUT2D eigenvalue weighted by atomic mass is 31.2. The fourth-order valence-electron chi connectivity index (χ4n) is 5.65. The number of hydrogen-bond donors (Lipinski definition) is 3. The molecule has 4 N–H and O–H groups in total. The SMILES string of the molecule is [B][P@@]1(=O)OCC2OC(n3cnc4c(=O)[nH]c(C)nc43)C(OP(=O)(O)OCC3OC(n4cnc5c(N)ncnc54)C(F)C3O1)C2OC. The lowest BCUT2D eigenvalue weighted by Gasteiger charge is -2.26. The summed E-state index contributed by atoms with van der Waals surface area (Å²) >= 11 is 0. The second-order valence-corrected chi connectivity index (χ2v) is 13.5. The number of imidazole rings is 2. The summed E-state index contributed by atoms with van der Waals surface area (Å²) in [5.74, 6) is 0.288. The van der Waals surface area contributed by atoms with Gasteiger partial charge in [0.2, 0.25) is 7.57 Å². The number of phosphoric ester groups is 1. The van der Waals surface area contributed by atoms with Gasteiger partial charge >= 0.3 is 7.82 Å². The lowest BCUT2D eigenvalue weighted by Crippen LogP contribution is -2.37. The number of nitrogens with one attached hydrogen (secondary N) is 1. The predicted molar refractivity (Wildman–Crippen MR) is 151 cm³/mol. The van der Waals surface area contributed by atoms with Gasteiger partial charge in [-0.25, -0.2) is 33.9 Å². The number of alkyl halides is 1. The van der Waals surface area contributed by atoms with Crippen LogP contribution in [0.5, 0.6) is 0 Å². The number of anilines is 1. The zero-order valence-corrected chi connectivity index (χ0v) is 25.6. The van der Waals surface area contributed by atoms with Crippen molar-refractivity contribution >= 4 is 51.0 Å². The quantitative estimate of drug-likeness (QED) is 0.192. The first-order valence-electron chi connectivity index (χ1n) is 13.6. The van der Waals surface area contributed by atoms with Crippen molar-refractivity contribution in [2.75, 3.05) is 26.1 Å². The topological polar surface area (TPSA) is 252 Å². The van der Waals surface area contributed by atoms with Gasteiger partial charge in [0, 0.05) is 7.11 Å². The third-order valence-electron chi connectivity index (χ3n) is 7.65. The van der Waals surface area contributed by atoms with Crippen LogP contribution in [0.1, 0.15) is 18.3 Å². The largest absolute Gasteiger partial charge is 0.472 e. The third-order valence-corrected chi connectivity index (χ3v) is 9.69. The van der Waals surface area contributed by atoms with Crippen LogP contribution in [0.4, 0.5) is 10.2 Å². The molecule has 7 heterocycles. The number of halogens is 1. The molecule has 2 bridgehead atoms. The summed E-state index contributed by atoms with van der Waals surface area (Å²) in [4.78, 5) is 46.2. The van der Waals surface area contributed by atoms with Crippen molar-refractivity contribution in [2.45, 2.75) is 56.1 Å². The number of fused-ring (bicyclic) bond motifs is 5. The van der Waals surface area contributed by atoms with E-state index in [-0.39, 0.29) is 34.0 Å². The van der Waals surface area contributed by atoms with E-state index in [0.717, 1.165) is 6.33 Å². The Morgan fingerprint density at radius 3 is 2.48 bits per heavy atom. The van der Waals surface area contributed by atoms with Crippen LogP contribution in [0.2, 0.25) is 0 Å². The van der Waals surface area contributed by atoms with Crippen molar-refractivity contribution in [3.63, 3.8) is 0 Å². The molecule has 0 aliphatic carbocycles. The number of H-pyrrole nitrogens is 1. The summed E-state index contributed by atoms with van der Waals surface area (Å²) in [5, 5.41) is 0. The van der Waals surface area contributed by atoms with Crippen molar-refractivity contribution in [1.29, 1.82) is 0 Å². The van der Waals surface area contributed by atoms with Crippen LogP contribution in [0.3, 0.4) is 0 Å². The maximum Gasteiger partial charge on any atom is 0.472 e. The van der Waals surface area contributed by atoms with Crippen molar-refractivity contribution < 1.29 is 50.7 Å². The van der Waals surface area contributed by atoms with E-state index in [2.05, 4.69) is 29.9 Å². The van der Waals surface area contributed by atoms with Gasteiger partial charge < -0.3 is 38.9 Å². The lowest BCUT2D eigenvalue weighted by atomic mass is 10.1. The Morgan fingerprint density at radius 2 is 1.72 bits per heavy atom. The average Bonchev–Trinajstić information content (AvgIpc) is 3.75. The number of rotatable bonds is 3. The van der Waals surface area contributed by atoms with Gasteiger partial charge in [-0.05, 0) is 6.92 Å². The summed E-state index contributed by atoms with van der Waals surface area (Å²) < 4.78 is 84.4. The number of nitrogens with zero attached hydrogens (tertiary/aromatic N) is 7. The molecule has 244 valence electrons. The Bertz CT molecular complexity index is 1960. The highest BCUT2D eigenvalue weighted by Gasteiger charge is 2.54. The molecule has 24 heteroatoms. The zero-order valence-electron chi connectivity index (χ0n) is 23.9. The van der Waals surface area contributed by atoms with E-state index in [1.807, 2.05) is 0 Å². The smallest absolute Gasteiger partial charge is 0.382 e. The van der Waals surface area contributed by atoms with Gasteiger partial charge in [0.25, 0.3) is 13.0 Å². The number of ether oxygens (including phenoxy) is 3. The standard InChI is InChI=1S/C22H25BFN9O11P2/c1-8-30-19-13(20(34)31-8)29-7-33(19)22-16-15(38-2)10(42-22)3-39-45(23,35)43-14-9(4-40-46(36,37)44-16)41-21(11(14)24)32-6-28-12-17(25)26-5-27-18(12)32/h5-7,9-11,14-16,21-22H,3-4H2,1-2H3,(H,36,37)(H2,25,26,27)(H,30,31,34)/t9?,10?,11?,14?,15?,16?,21?,22?,45-/m1/s1. The molecular formula is C22H25BFN9O11P2. The molecule has 10 atom stereocenters. The van der Waals surface area contributed by atoms with Crippen LogP contribution in [0, 0.1) is 6.92 Å². The fraction of sp³-hybridized carbons (Fsp3) is 0.545. The maximum atomic E-state index is 16.0. The molecule has 3 fully saturated rings. The molecule has 3 saturated heterocycles. The number of nitrogens with two attached hydrogens (primary N) is 1. The zero-order chi connectivity index (χ0) is 32.5. The molecule has 0 amide bonds. The first-order chi connectivity index (χ1) is 21.9. The number of methoxy groups -OCH3 is 1. The minimum Gasteiger partial charge on any atom is -0.382 e. The van der Waals surface area contributed by atoms with Crippen molar-refractivity contribution in [3.05, 3.63) is 35.2 Å². The number of aryl methyl sites for hydroxylation is 1. The van der Waals surface area contributed by atoms with E-state index in [1.54, 1.807) is 6.92 Å². The Balaban J connectivity index is 1.22. The minimum atomic E-state index is -5.03. The summed E-state index contributed by atoms with van der Waals surface area (Å²) in [6, 6.07) is 0. The van der Waals surface area contributed by atoms with E-state index in [0.29, 0.717) is 0 Å². The summed E-state index contributed by atoms with van der Waals surface area (Å²) in [5.41, 5.74) is 5.61. The highest BCUT2D eigenvalue weighted by Crippen LogP contribution is 2.54. The van der Waals surface area contributed by atoms with E-state index < -0.39 is 83.2 Å². The van der Waals surface area contributed by atoms with Crippen LogP contribution in [0.15, 0.2) is 23.8 Å². The molecule has 4 aromatic heterocycles. The first-order valence-corrected chi connectivity index (χ1v) is 16.7. The molecule has 3 aliphatic rings. The minimum absolute atomic E-state index is 0.0310. The fourth-order valence-corrected chi connectivity index (χ4v) is 7.58. The van der Waals surface area contributed by atoms with Crippen LogP contribution in [-0.2, 0) is 41.4 Å². The summed E-state index contributed by atoms with van der Waals surface area (Å²) in [6.07, 6.45) is -8.25. The number of phosphoric acid groups is 1. The number of nitrogen functional groups attached to an aromatic ring is 1. The van der Waals surface area contributed by atoms with E-state index in [9.17, 15) is 18.8 Å². The molecule has 46 heavy (non-hydrogen) atoms. The predicted octanol–water partition coefficient (Wildman–Crippen LogP) is 0.192. The molecule has 0 saturated carbocycles. The van der Waals surface area contributed by atoms with E-state index in [1.165, 1.54) is 28.9 Å². The van der Waals surface area contributed by atoms with Gasteiger partial charge in [-0.2, -0.15) is 0 Å². The number of aromatic nitrogens is 8. The summed E-state index contributed by atoms with van der Waals surface area (Å²) in [6.45, 7) is 0.176. The van der Waals surface area contributed by atoms with E-state index in [4.69, 9.17) is 45.6 Å². The monoisotopic (exact) mass is 683 g/mol. The maximum absolute atomic E-state index is 16.0. The van der Waals surface area contributed by atoms with Gasteiger partial charge in [-0.3, -0.25) is 27.5 Å². The van der Waals surface area contributed by atoms with Crippen LogP contribution in [0.25, 0.3) is 22.3 Å². The molecule has 2 radical (unpaired) electrons. The van der Waals surface area contributed by atoms with Crippen molar-refractivity contribution in [2.24, 2.45) is 0 Å². The third kappa shape index (κ3) is 5.47. The van der Waals surface area contributed by atoms with E-state index >= 15 is 4.39 Å².